The van der Waals surface area contributed by atoms with Crippen LogP contribution in [0.25, 0.3) is 11.3 Å². The quantitative estimate of drug-likeness (QED) is 0.843. The molecule has 2 aromatic rings. The summed E-state index contributed by atoms with van der Waals surface area (Å²) >= 11 is 6.08. The molecule has 0 amide bonds. The van der Waals surface area contributed by atoms with Gasteiger partial charge in [0.15, 0.2) is 0 Å². The Kier molecular flexibility index (Phi) is 5.91. The number of piperidine rings is 2. The largest absolute Gasteiger partial charge is 0.356 e. The first-order valence-electron chi connectivity index (χ1n) is 10.0. The minimum atomic E-state index is 0.375. The number of halogens is 1. The van der Waals surface area contributed by atoms with Crippen LogP contribution in [0.3, 0.4) is 0 Å². The first-order valence-corrected chi connectivity index (χ1v) is 10.4. The normalized spacial score (nSPS) is 23.4. The van der Waals surface area contributed by atoms with E-state index in [2.05, 4.69) is 16.3 Å². The lowest BCUT2D eigenvalue weighted by atomic mass is 9.97. The molecule has 3 heterocycles. The van der Waals surface area contributed by atoms with Crippen LogP contribution in [-0.4, -0.2) is 42.7 Å². The molecule has 27 heavy (non-hydrogen) atoms. The number of benzene rings is 1. The van der Waals surface area contributed by atoms with Crippen molar-refractivity contribution in [3.8, 4) is 11.3 Å². The summed E-state index contributed by atoms with van der Waals surface area (Å²) in [7, 11) is 0. The molecule has 0 aliphatic carbocycles. The molecule has 0 radical (unpaired) electrons. The van der Waals surface area contributed by atoms with Gasteiger partial charge >= 0.3 is 0 Å². The molecule has 2 atom stereocenters. The van der Waals surface area contributed by atoms with Gasteiger partial charge in [-0.3, -0.25) is 0 Å². The van der Waals surface area contributed by atoms with Crippen LogP contribution in [0.5, 0.6) is 0 Å². The monoisotopic (exact) mass is 385 g/mol. The van der Waals surface area contributed by atoms with E-state index in [1.807, 2.05) is 24.3 Å². The van der Waals surface area contributed by atoms with Crippen molar-refractivity contribution in [2.75, 3.05) is 37.6 Å². The highest BCUT2D eigenvalue weighted by molar-refractivity contribution is 6.30. The molecule has 0 saturated carbocycles. The molecule has 2 unspecified atom stereocenters. The van der Waals surface area contributed by atoms with Crippen LogP contribution in [0.4, 0.5) is 5.82 Å². The van der Waals surface area contributed by atoms with Gasteiger partial charge in [0.2, 0.25) is 0 Å². The van der Waals surface area contributed by atoms with Crippen molar-refractivity contribution in [1.82, 2.24) is 15.3 Å². The first-order chi connectivity index (χ1) is 13.2. The highest BCUT2D eigenvalue weighted by Crippen LogP contribution is 2.29. The van der Waals surface area contributed by atoms with Gasteiger partial charge in [-0.25, -0.2) is 9.97 Å². The Morgan fingerprint density at radius 1 is 1.15 bits per heavy atom. The highest BCUT2D eigenvalue weighted by atomic mass is 35.5. The molecule has 2 aliphatic rings. The van der Waals surface area contributed by atoms with E-state index in [-0.39, 0.29) is 0 Å². The lowest BCUT2D eigenvalue weighted by Gasteiger charge is -2.33. The predicted octanol–water partition coefficient (Wildman–Crippen LogP) is 3.44. The van der Waals surface area contributed by atoms with Crippen molar-refractivity contribution in [1.29, 1.82) is 0 Å². The summed E-state index contributed by atoms with van der Waals surface area (Å²) < 4.78 is 0. The molecule has 0 spiro atoms. The Balaban J connectivity index is 1.70. The van der Waals surface area contributed by atoms with Gasteiger partial charge in [0.05, 0.1) is 5.69 Å². The standard InChI is InChI=1S/C21H28ClN5/c22-18-7-5-16(6-8-18)19-11-20(27-10-2-3-15(12-23)14-27)26-21(25-19)17-4-1-9-24-13-17/h5-8,11,15,17,24H,1-4,9-10,12-14,23H2. The van der Waals surface area contributed by atoms with E-state index >= 15 is 0 Å². The van der Waals surface area contributed by atoms with Crippen molar-refractivity contribution in [2.45, 2.75) is 31.6 Å². The molecule has 5 nitrogen and oxygen atoms in total. The van der Waals surface area contributed by atoms with Gasteiger partial charge in [-0.1, -0.05) is 23.7 Å². The van der Waals surface area contributed by atoms with Crippen LogP contribution in [0, 0.1) is 5.92 Å². The Morgan fingerprint density at radius 3 is 2.74 bits per heavy atom. The smallest absolute Gasteiger partial charge is 0.135 e. The van der Waals surface area contributed by atoms with Crippen molar-refractivity contribution in [3.63, 3.8) is 0 Å². The average molecular weight is 386 g/mol. The van der Waals surface area contributed by atoms with Crippen LogP contribution >= 0.6 is 11.6 Å². The van der Waals surface area contributed by atoms with E-state index in [1.165, 1.54) is 19.3 Å². The van der Waals surface area contributed by atoms with Crippen molar-refractivity contribution < 1.29 is 0 Å². The maximum atomic E-state index is 6.08. The van der Waals surface area contributed by atoms with Crippen LogP contribution in [0.15, 0.2) is 30.3 Å². The minimum absolute atomic E-state index is 0.375. The molecule has 3 N–H and O–H groups in total. The Morgan fingerprint density at radius 2 is 2.00 bits per heavy atom. The lowest BCUT2D eigenvalue weighted by molar-refractivity contribution is 0.419. The van der Waals surface area contributed by atoms with Crippen LogP contribution in [-0.2, 0) is 0 Å². The lowest BCUT2D eigenvalue weighted by Crippen LogP contribution is -2.39. The number of hydrogen-bond donors (Lipinski definition) is 2. The Hall–Kier alpha value is -1.69. The summed E-state index contributed by atoms with van der Waals surface area (Å²) in [6.07, 6.45) is 4.69. The van der Waals surface area contributed by atoms with E-state index < -0.39 is 0 Å². The van der Waals surface area contributed by atoms with Gasteiger partial charge in [-0.15, -0.1) is 0 Å². The van der Waals surface area contributed by atoms with Gasteiger partial charge in [0.25, 0.3) is 0 Å². The second kappa shape index (κ2) is 8.55. The van der Waals surface area contributed by atoms with Gasteiger partial charge in [-0.05, 0) is 56.8 Å². The molecular formula is C21H28ClN5. The summed E-state index contributed by atoms with van der Waals surface area (Å²) in [6, 6.07) is 10.0. The SMILES string of the molecule is NCC1CCCN(c2cc(-c3ccc(Cl)cc3)nc(C3CCCNC3)n2)C1. The van der Waals surface area contributed by atoms with Crippen LogP contribution in [0.1, 0.15) is 37.4 Å². The summed E-state index contributed by atoms with van der Waals surface area (Å²) in [5.41, 5.74) is 8.01. The number of hydrogen-bond acceptors (Lipinski definition) is 5. The van der Waals surface area contributed by atoms with E-state index in [4.69, 9.17) is 27.3 Å². The zero-order valence-electron chi connectivity index (χ0n) is 15.7. The topological polar surface area (TPSA) is 67.1 Å². The summed E-state index contributed by atoms with van der Waals surface area (Å²) in [6.45, 7) is 4.80. The second-order valence-corrected chi connectivity index (χ2v) is 8.15. The minimum Gasteiger partial charge on any atom is -0.356 e. The van der Waals surface area contributed by atoms with E-state index in [0.29, 0.717) is 11.8 Å². The third-order valence-electron chi connectivity index (χ3n) is 5.71. The fourth-order valence-corrected chi connectivity index (χ4v) is 4.23. The Bertz CT molecular complexity index is 758. The molecule has 144 valence electrons. The fourth-order valence-electron chi connectivity index (χ4n) is 4.10. The number of nitrogens with two attached hydrogens (primary N) is 1. The molecule has 1 aromatic heterocycles. The molecule has 2 fully saturated rings. The number of anilines is 1. The number of nitrogens with one attached hydrogen (secondary N) is 1. The molecule has 4 rings (SSSR count). The zero-order chi connectivity index (χ0) is 18.6. The van der Waals surface area contributed by atoms with Gasteiger partial charge in [0.1, 0.15) is 11.6 Å². The molecule has 2 saturated heterocycles. The summed E-state index contributed by atoms with van der Waals surface area (Å²) in [4.78, 5) is 12.3. The number of nitrogens with zero attached hydrogens (tertiary/aromatic N) is 3. The van der Waals surface area contributed by atoms with Crippen molar-refractivity contribution in [2.24, 2.45) is 11.7 Å². The van der Waals surface area contributed by atoms with Gasteiger partial charge in [0, 0.05) is 42.2 Å². The molecular weight excluding hydrogens is 358 g/mol. The van der Waals surface area contributed by atoms with Gasteiger partial charge in [-0.2, -0.15) is 0 Å². The summed E-state index contributed by atoms with van der Waals surface area (Å²) in [5.74, 6) is 2.92. The molecule has 0 bridgehead atoms. The molecule has 2 aliphatic heterocycles. The zero-order valence-corrected chi connectivity index (χ0v) is 16.5. The van der Waals surface area contributed by atoms with Crippen molar-refractivity contribution >= 4 is 17.4 Å². The second-order valence-electron chi connectivity index (χ2n) is 7.71. The van der Waals surface area contributed by atoms with Crippen molar-refractivity contribution in [3.05, 3.63) is 41.2 Å². The highest BCUT2D eigenvalue weighted by Gasteiger charge is 2.24. The first kappa shape index (κ1) is 18.7. The molecule has 1 aromatic carbocycles. The maximum absolute atomic E-state index is 6.08. The number of aromatic nitrogens is 2. The fraction of sp³-hybridized carbons (Fsp3) is 0.524. The third kappa shape index (κ3) is 4.42. The third-order valence-corrected chi connectivity index (χ3v) is 5.96. The average Bonchev–Trinajstić information content (AvgIpc) is 2.74. The van der Waals surface area contributed by atoms with Gasteiger partial charge < -0.3 is 16.0 Å². The maximum Gasteiger partial charge on any atom is 0.135 e. The van der Waals surface area contributed by atoms with E-state index in [1.54, 1.807) is 0 Å². The Labute approximate surface area is 166 Å². The van der Waals surface area contributed by atoms with Crippen LogP contribution in [0.2, 0.25) is 5.02 Å². The van der Waals surface area contributed by atoms with E-state index in [0.717, 1.165) is 67.1 Å². The summed E-state index contributed by atoms with van der Waals surface area (Å²) in [5, 5.41) is 4.23. The molecule has 6 heteroatoms. The predicted molar refractivity (Wildman–Crippen MR) is 111 cm³/mol. The van der Waals surface area contributed by atoms with Crippen LogP contribution < -0.4 is 16.0 Å². The number of rotatable bonds is 4. The van der Waals surface area contributed by atoms with E-state index in [9.17, 15) is 0 Å².